The molecule has 1 aromatic heterocycles. The summed E-state index contributed by atoms with van der Waals surface area (Å²) < 4.78 is 2.02. The average Bonchev–Trinajstić information content (AvgIpc) is 3.25. The van der Waals surface area contributed by atoms with Crippen LogP contribution in [0.2, 0.25) is 0 Å². The first-order chi connectivity index (χ1) is 10.7. The van der Waals surface area contributed by atoms with E-state index in [-0.39, 0.29) is 11.8 Å². The summed E-state index contributed by atoms with van der Waals surface area (Å²) in [5.74, 6) is 1.79. The van der Waals surface area contributed by atoms with Gasteiger partial charge in [-0.1, -0.05) is 12.8 Å². The molecule has 1 aromatic rings. The number of amides is 2. The van der Waals surface area contributed by atoms with Crippen molar-refractivity contribution in [1.29, 1.82) is 0 Å². The second kappa shape index (κ2) is 5.41. The predicted octanol–water partition coefficient (Wildman–Crippen LogP) is 2.38. The van der Waals surface area contributed by atoms with Crippen LogP contribution in [0.15, 0.2) is 12.3 Å². The first-order valence-corrected chi connectivity index (χ1v) is 9.30. The second-order valence-corrected chi connectivity index (χ2v) is 7.88. The molecular formula is C16H21N3O2S. The number of hydrogen-bond donors (Lipinski definition) is 0. The van der Waals surface area contributed by atoms with Crippen LogP contribution in [0.5, 0.6) is 0 Å². The van der Waals surface area contributed by atoms with Gasteiger partial charge in [0.2, 0.25) is 11.8 Å². The van der Waals surface area contributed by atoms with Gasteiger partial charge in [-0.2, -0.15) is 16.9 Å². The summed E-state index contributed by atoms with van der Waals surface area (Å²) in [5.41, 5.74) is 0.423. The van der Waals surface area contributed by atoms with Crippen molar-refractivity contribution < 1.29 is 9.59 Å². The van der Waals surface area contributed by atoms with E-state index in [9.17, 15) is 9.59 Å². The molecular weight excluding hydrogens is 298 g/mol. The summed E-state index contributed by atoms with van der Waals surface area (Å²) in [6.07, 6.45) is 8.13. The van der Waals surface area contributed by atoms with Gasteiger partial charge in [0.15, 0.2) is 0 Å². The normalized spacial score (nSPS) is 29.4. The van der Waals surface area contributed by atoms with Gasteiger partial charge >= 0.3 is 0 Å². The minimum atomic E-state index is -0.407. The quantitative estimate of drug-likeness (QED) is 0.803. The first-order valence-electron chi connectivity index (χ1n) is 8.15. The van der Waals surface area contributed by atoms with Crippen LogP contribution in [-0.2, 0) is 16.1 Å². The van der Waals surface area contributed by atoms with Gasteiger partial charge in [-0.3, -0.25) is 19.2 Å². The second-order valence-electron chi connectivity index (χ2n) is 6.77. The minimum Gasteiger partial charge on any atom is -0.276 e. The molecule has 2 amide bonds. The molecule has 1 atom stereocenters. The summed E-state index contributed by atoms with van der Waals surface area (Å²) in [6, 6.07) is 2.45. The lowest BCUT2D eigenvalue weighted by atomic mass is 9.86. The Bertz CT molecular complexity index is 600. The molecule has 3 fully saturated rings. The lowest BCUT2D eigenvalue weighted by molar-refractivity contribution is -0.141. The summed E-state index contributed by atoms with van der Waals surface area (Å²) in [6.45, 7) is 0.337. The zero-order chi connectivity index (χ0) is 15.2. The Labute approximate surface area is 134 Å². The first kappa shape index (κ1) is 14.3. The molecule has 1 aliphatic carbocycles. The topological polar surface area (TPSA) is 55.2 Å². The number of aromatic nitrogens is 2. The Morgan fingerprint density at radius 1 is 1.32 bits per heavy atom. The summed E-state index contributed by atoms with van der Waals surface area (Å²) >= 11 is 1.79. The van der Waals surface area contributed by atoms with Crippen molar-refractivity contribution in [3.05, 3.63) is 18.0 Å². The Morgan fingerprint density at radius 3 is 2.86 bits per heavy atom. The maximum absolute atomic E-state index is 12.7. The Morgan fingerprint density at radius 2 is 2.14 bits per heavy atom. The fraction of sp³-hybridized carbons (Fsp3) is 0.688. The van der Waals surface area contributed by atoms with Crippen LogP contribution in [0.4, 0.5) is 0 Å². The van der Waals surface area contributed by atoms with Gasteiger partial charge in [0.25, 0.3) is 0 Å². The molecule has 0 N–H and O–H groups in total. The molecule has 2 aliphatic heterocycles. The number of hydrogen-bond acceptors (Lipinski definition) is 4. The van der Waals surface area contributed by atoms with E-state index in [0.717, 1.165) is 23.6 Å². The third kappa shape index (κ3) is 2.28. The number of thioether (sulfide) groups is 1. The van der Waals surface area contributed by atoms with Crippen molar-refractivity contribution >= 4 is 23.6 Å². The molecule has 0 bridgehead atoms. The van der Waals surface area contributed by atoms with Gasteiger partial charge in [0, 0.05) is 18.4 Å². The molecule has 118 valence electrons. The summed E-state index contributed by atoms with van der Waals surface area (Å²) in [7, 11) is 0. The molecule has 2 saturated heterocycles. The highest BCUT2D eigenvalue weighted by molar-refractivity contribution is 7.99. The molecule has 1 unspecified atom stereocenters. The molecule has 0 radical (unpaired) electrons. The molecule has 22 heavy (non-hydrogen) atoms. The van der Waals surface area contributed by atoms with Crippen LogP contribution in [0, 0.1) is 5.41 Å². The molecule has 5 nitrogen and oxygen atoms in total. The van der Waals surface area contributed by atoms with Gasteiger partial charge < -0.3 is 0 Å². The van der Waals surface area contributed by atoms with Gasteiger partial charge in [-0.25, -0.2) is 0 Å². The van der Waals surface area contributed by atoms with E-state index in [2.05, 4.69) is 5.10 Å². The van der Waals surface area contributed by atoms with Crippen molar-refractivity contribution in [3.63, 3.8) is 0 Å². The third-order valence-electron chi connectivity index (χ3n) is 5.28. The number of carbonyl (C=O) groups excluding carboxylic acids is 2. The van der Waals surface area contributed by atoms with E-state index in [1.165, 1.54) is 30.6 Å². The molecule has 0 aromatic carbocycles. The number of rotatable bonds is 3. The van der Waals surface area contributed by atoms with E-state index in [1.807, 2.05) is 16.9 Å². The fourth-order valence-electron chi connectivity index (χ4n) is 3.93. The molecule has 1 spiro atoms. The van der Waals surface area contributed by atoms with Crippen molar-refractivity contribution in [2.24, 2.45) is 5.41 Å². The Kier molecular flexibility index (Phi) is 3.51. The zero-order valence-electron chi connectivity index (χ0n) is 12.7. The highest BCUT2D eigenvalue weighted by Crippen LogP contribution is 2.45. The van der Waals surface area contributed by atoms with Crippen LogP contribution >= 0.6 is 11.8 Å². The van der Waals surface area contributed by atoms with E-state index in [1.54, 1.807) is 11.8 Å². The van der Waals surface area contributed by atoms with Crippen LogP contribution < -0.4 is 0 Å². The van der Waals surface area contributed by atoms with Gasteiger partial charge in [0.1, 0.15) is 0 Å². The fourth-order valence-corrected chi connectivity index (χ4v) is 5.37. The number of carbonyl (C=O) groups is 2. The monoisotopic (exact) mass is 319 g/mol. The maximum Gasteiger partial charge on any atom is 0.237 e. The van der Waals surface area contributed by atoms with E-state index in [4.69, 9.17) is 0 Å². The SMILES string of the molecule is O=C1CC2(CCSC2)C(=O)N1Cc1ccn(C2CCCC2)n1. The molecule has 3 aliphatic rings. The van der Waals surface area contributed by atoms with Crippen molar-refractivity contribution in [1.82, 2.24) is 14.7 Å². The van der Waals surface area contributed by atoms with Gasteiger partial charge in [-0.15, -0.1) is 0 Å². The van der Waals surface area contributed by atoms with Crippen LogP contribution in [0.25, 0.3) is 0 Å². The average molecular weight is 319 g/mol. The summed E-state index contributed by atoms with van der Waals surface area (Å²) in [4.78, 5) is 26.4. The maximum atomic E-state index is 12.7. The molecule has 3 heterocycles. The van der Waals surface area contributed by atoms with E-state index < -0.39 is 5.41 Å². The van der Waals surface area contributed by atoms with Crippen LogP contribution in [0.1, 0.15) is 50.3 Å². The smallest absolute Gasteiger partial charge is 0.237 e. The molecule has 1 saturated carbocycles. The Balaban J connectivity index is 1.49. The lowest BCUT2D eigenvalue weighted by Crippen LogP contribution is -2.35. The largest absolute Gasteiger partial charge is 0.276 e. The number of nitrogens with zero attached hydrogens (tertiary/aromatic N) is 3. The van der Waals surface area contributed by atoms with E-state index >= 15 is 0 Å². The van der Waals surface area contributed by atoms with Crippen molar-refractivity contribution in [2.45, 2.75) is 51.1 Å². The number of likely N-dealkylation sites (tertiary alicyclic amines) is 1. The highest BCUT2D eigenvalue weighted by Gasteiger charge is 2.53. The zero-order valence-corrected chi connectivity index (χ0v) is 13.5. The van der Waals surface area contributed by atoms with Crippen LogP contribution in [-0.4, -0.2) is 38.0 Å². The lowest BCUT2D eigenvalue weighted by Gasteiger charge is -2.19. The molecule has 4 rings (SSSR count). The molecule has 6 heteroatoms. The summed E-state index contributed by atoms with van der Waals surface area (Å²) in [5, 5.41) is 4.61. The van der Waals surface area contributed by atoms with Gasteiger partial charge in [-0.05, 0) is 31.1 Å². The van der Waals surface area contributed by atoms with Crippen molar-refractivity contribution in [3.8, 4) is 0 Å². The standard InChI is InChI=1S/C16H21N3O2S/c20-14-9-16(6-8-22-11-16)15(21)18(14)10-12-5-7-19(17-12)13-3-1-2-4-13/h5,7,13H,1-4,6,8-11H2. The third-order valence-corrected chi connectivity index (χ3v) is 6.52. The number of imide groups is 1. The van der Waals surface area contributed by atoms with Crippen molar-refractivity contribution in [2.75, 3.05) is 11.5 Å². The minimum absolute atomic E-state index is 0.0251. The van der Waals surface area contributed by atoms with Gasteiger partial charge in [0.05, 0.1) is 23.7 Å². The predicted molar refractivity (Wildman–Crippen MR) is 84.3 cm³/mol. The van der Waals surface area contributed by atoms with Crippen LogP contribution in [0.3, 0.4) is 0 Å². The van der Waals surface area contributed by atoms with E-state index in [0.29, 0.717) is 19.0 Å². The Hall–Kier alpha value is -1.30. The highest BCUT2D eigenvalue weighted by atomic mass is 32.2.